The number of pyridine rings is 1. The highest BCUT2D eigenvalue weighted by molar-refractivity contribution is 9.10. The van der Waals surface area contributed by atoms with Crippen molar-refractivity contribution < 1.29 is 9.59 Å². The highest BCUT2D eigenvalue weighted by atomic mass is 79.9. The van der Waals surface area contributed by atoms with Crippen LogP contribution in [0.15, 0.2) is 89.4 Å². The number of rotatable bonds is 6. The van der Waals surface area contributed by atoms with Crippen molar-refractivity contribution in [2.75, 3.05) is 0 Å². The van der Waals surface area contributed by atoms with Gasteiger partial charge in [-0.25, -0.2) is 4.98 Å². The largest absolute Gasteiger partial charge is 0.353 e. The number of aryl methyl sites for hydroxylation is 1. The van der Waals surface area contributed by atoms with Crippen LogP contribution in [0.2, 0.25) is 0 Å². The molecule has 0 saturated heterocycles. The molecule has 7 heteroatoms. The monoisotopic (exact) mass is 526 g/mol. The van der Waals surface area contributed by atoms with Crippen molar-refractivity contribution in [3.63, 3.8) is 0 Å². The van der Waals surface area contributed by atoms with Gasteiger partial charge in [-0.3, -0.25) is 20.4 Å². The summed E-state index contributed by atoms with van der Waals surface area (Å²) in [6.45, 7) is 0. The Labute approximate surface area is 210 Å². The number of fused-ring (bicyclic) bond motifs is 2. The molecule has 2 amide bonds. The van der Waals surface area contributed by atoms with Crippen molar-refractivity contribution in [3.05, 3.63) is 101 Å². The van der Waals surface area contributed by atoms with E-state index in [1.54, 1.807) is 18.2 Å². The van der Waals surface area contributed by atoms with Crippen LogP contribution in [0.5, 0.6) is 0 Å². The fraction of sp³-hybridized carbons (Fsp3) is 0.107. The van der Waals surface area contributed by atoms with Crippen molar-refractivity contribution in [1.29, 1.82) is 0 Å². The molecule has 0 aliphatic rings. The molecule has 0 saturated carbocycles. The fourth-order valence-corrected chi connectivity index (χ4v) is 4.68. The summed E-state index contributed by atoms with van der Waals surface area (Å²) in [7, 11) is 0. The number of carbonyl (C=O) groups is 2. The molecule has 5 rings (SSSR count). The summed E-state index contributed by atoms with van der Waals surface area (Å²) in [5.41, 5.74) is 10.4. The molecule has 0 aliphatic heterocycles. The summed E-state index contributed by atoms with van der Waals surface area (Å²) >= 11 is 3.35. The third kappa shape index (κ3) is 4.95. The predicted molar refractivity (Wildman–Crippen MR) is 142 cm³/mol. The van der Waals surface area contributed by atoms with Crippen LogP contribution in [-0.4, -0.2) is 21.8 Å². The van der Waals surface area contributed by atoms with Gasteiger partial charge in [0.25, 0.3) is 5.91 Å². The van der Waals surface area contributed by atoms with Crippen LogP contribution in [0.1, 0.15) is 28.8 Å². The maximum Gasteiger partial charge on any atom is 0.270 e. The number of nitrogens with one attached hydrogen (secondary N) is 3. The van der Waals surface area contributed by atoms with Gasteiger partial charge in [0.2, 0.25) is 5.91 Å². The summed E-state index contributed by atoms with van der Waals surface area (Å²) in [6.07, 6.45) is 1.60. The highest BCUT2D eigenvalue weighted by Crippen LogP contribution is 2.31. The molecule has 174 valence electrons. The van der Waals surface area contributed by atoms with Crippen LogP contribution >= 0.6 is 15.9 Å². The standard InChI is InChI=1S/C28H23BrN4O2/c29-22-12-4-2-10-21(22)28(35)33-32-26(34)15-7-11-20-19-9-3-6-14-24(19)31-27(20)25-17-16-18-8-1-5-13-23(18)30-25/h1-6,8-10,12-14,16-17,31H,7,11,15H2,(H,32,34)(H,33,35). The van der Waals surface area contributed by atoms with Crippen molar-refractivity contribution in [3.8, 4) is 11.4 Å². The van der Waals surface area contributed by atoms with Crippen LogP contribution in [0.25, 0.3) is 33.2 Å². The third-order valence-electron chi connectivity index (χ3n) is 5.93. The number of aromatic amines is 1. The van der Waals surface area contributed by atoms with Gasteiger partial charge in [-0.15, -0.1) is 0 Å². The van der Waals surface area contributed by atoms with E-state index in [1.807, 2.05) is 54.6 Å². The van der Waals surface area contributed by atoms with Gasteiger partial charge in [0.15, 0.2) is 0 Å². The van der Waals surface area contributed by atoms with E-state index in [0.29, 0.717) is 22.9 Å². The van der Waals surface area contributed by atoms with E-state index in [4.69, 9.17) is 4.98 Å². The van der Waals surface area contributed by atoms with Gasteiger partial charge < -0.3 is 4.98 Å². The smallest absolute Gasteiger partial charge is 0.270 e. The molecule has 0 spiro atoms. The number of hydrogen-bond acceptors (Lipinski definition) is 3. The van der Waals surface area contributed by atoms with Gasteiger partial charge >= 0.3 is 0 Å². The molecule has 0 atom stereocenters. The molecule has 0 unspecified atom stereocenters. The number of aromatic nitrogens is 2. The van der Waals surface area contributed by atoms with Crippen LogP contribution < -0.4 is 10.9 Å². The Morgan fingerprint density at radius 2 is 1.63 bits per heavy atom. The Morgan fingerprint density at radius 3 is 2.51 bits per heavy atom. The Balaban J connectivity index is 1.29. The lowest BCUT2D eigenvalue weighted by molar-refractivity contribution is -0.121. The van der Waals surface area contributed by atoms with E-state index >= 15 is 0 Å². The van der Waals surface area contributed by atoms with E-state index in [2.05, 4.69) is 43.9 Å². The second kappa shape index (κ2) is 10.1. The molecule has 2 heterocycles. The highest BCUT2D eigenvalue weighted by Gasteiger charge is 2.15. The molecular weight excluding hydrogens is 504 g/mol. The Bertz CT molecular complexity index is 1540. The first kappa shape index (κ1) is 22.8. The molecular formula is C28H23BrN4O2. The number of hydrogen-bond donors (Lipinski definition) is 3. The molecule has 35 heavy (non-hydrogen) atoms. The normalized spacial score (nSPS) is 11.0. The van der Waals surface area contributed by atoms with Crippen molar-refractivity contribution in [2.24, 2.45) is 0 Å². The summed E-state index contributed by atoms with van der Waals surface area (Å²) in [4.78, 5) is 33.1. The number of nitrogens with zero attached hydrogens (tertiary/aromatic N) is 1. The zero-order valence-corrected chi connectivity index (χ0v) is 20.4. The summed E-state index contributed by atoms with van der Waals surface area (Å²) < 4.78 is 0.668. The average molecular weight is 527 g/mol. The average Bonchev–Trinajstić information content (AvgIpc) is 3.26. The molecule has 0 bridgehead atoms. The van der Waals surface area contributed by atoms with E-state index < -0.39 is 0 Å². The van der Waals surface area contributed by atoms with Gasteiger partial charge in [0.05, 0.1) is 22.5 Å². The zero-order valence-electron chi connectivity index (χ0n) is 18.8. The molecule has 0 radical (unpaired) electrons. The summed E-state index contributed by atoms with van der Waals surface area (Å²) in [5.74, 6) is -0.609. The molecule has 5 aromatic rings. The maximum atomic E-state index is 12.4. The number of halogens is 1. The zero-order chi connectivity index (χ0) is 24.2. The minimum atomic E-state index is -0.368. The van der Waals surface area contributed by atoms with Crippen molar-refractivity contribution in [2.45, 2.75) is 19.3 Å². The number of carbonyl (C=O) groups excluding carboxylic acids is 2. The van der Waals surface area contributed by atoms with Crippen molar-refractivity contribution in [1.82, 2.24) is 20.8 Å². The number of hydrazine groups is 1. The topological polar surface area (TPSA) is 86.9 Å². The van der Waals surface area contributed by atoms with Crippen molar-refractivity contribution >= 4 is 49.6 Å². The molecule has 2 aromatic heterocycles. The second-order valence-electron chi connectivity index (χ2n) is 8.25. The Morgan fingerprint density at radius 1 is 0.857 bits per heavy atom. The molecule has 6 nitrogen and oxygen atoms in total. The number of H-pyrrole nitrogens is 1. The van der Waals surface area contributed by atoms with Crippen LogP contribution in [0.4, 0.5) is 0 Å². The minimum absolute atomic E-state index is 0.240. The first-order valence-corrected chi connectivity index (χ1v) is 12.2. The number of para-hydroxylation sites is 2. The number of amides is 2. The summed E-state index contributed by atoms with van der Waals surface area (Å²) in [5, 5.41) is 2.22. The first-order chi connectivity index (χ1) is 17.1. The molecule has 0 aliphatic carbocycles. The van der Waals surface area contributed by atoms with E-state index in [-0.39, 0.29) is 18.2 Å². The maximum absolute atomic E-state index is 12.4. The third-order valence-corrected chi connectivity index (χ3v) is 6.62. The lowest BCUT2D eigenvalue weighted by atomic mass is 10.0. The van der Waals surface area contributed by atoms with Gasteiger partial charge in [-0.2, -0.15) is 0 Å². The van der Waals surface area contributed by atoms with Crippen LogP contribution in [0, 0.1) is 0 Å². The van der Waals surface area contributed by atoms with Gasteiger partial charge in [-0.05, 0) is 64.7 Å². The van der Waals surface area contributed by atoms with Crippen LogP contribution in [0.3, 0.4) is 0 Å². The minimum Gasteiger partial charge on any atom is -0.353 e. The van der Waals surface area contributed by atoms with E-state index in [0.717, 1.165) is 38.8 Å². The first-order valence-electron chi connectivity index (χ1n) is 11.4. The quantitative estimate of drug-likeness (QED) is 0.239. The SMILES string of the molecule is O=C(CCCc1c(-c2ccc3ccccc3n2)[nH]c2ccccc12)NNC(=O)c1ccccc1Br. The van der Waals surface area contributed by atoms with E-state index in [9.17, 15) is 9.59 Å². The molecule has 0 fully saturated rings. The van der Waals surface area contributed by atoms with Gasteiger partial charge in [0, 0.05) is 27.2 Å². The second-order valence-corrected chi connectivity index (χ2v) is 9.10. The predicted octanol–water partition coefficient (Wildman–Crippen LogP) is 5.93. The summed E-state index contributed by atoms with van der Waals surface area (Å²) in [6, 6.07) is 27.4. The molecule has 3 N–H and O–H groups in total. The fourth-order valence-electron chi connectivity index (χ4n) is 4.21. The lowest BCUT2D eigenvalue weighted by Gasteiger charge is -2.09. The Kier molecular flexibility index (Phi) is 6.59. The molecule has 3 aromatic carbocycles. The lowest BCUT2D eigenvalue weighted by Crippen LogP contribution is -2.41. The number of benzene rings is 3. The Hall–Kier alpha value is -3.97. The van der Waals surface area contributed by atoms with E-state index in [1.165, 1.54) is 0 Å². The van der Waals surface area contributed by atoms with Gasteiger partial charge in [-0.1, -0.05) is 54.6 Å². The van der Waals surface area contributed by atoms with Crippen LogP contribution in [-0.2, 0) is 11.2 Å². The van der Waals surface area contributed by atoms with Gasteiger partial charge in [0.1, 0.15) is 0 Å².